The fraction of sp³-hybridized carbons (Fsp3) is 0.545. The quantitative estimate of drug-likeness (QED) is 0.684. The highest BCUT2D eigenvalue weighted by Crippen LogP contribution is 2.26. The van der Waals surface area contributed by atoms with Gasteiger partial charge in [-0.05, 0) is 12.5 Å². The first kappa shape index (κ1) is 10.9. The zero-order chi connectivity index (χ0) is 11.7. The second kappa shape index (κ2) is 4.08. The molecule has 0 aromatic rings. The number of allylic oxidation sites excluding steroid dienone is 2. The van der Waals surface area contributed by atoms with E-state index in [0.717, 1.165) is 5.57 Å². The molecule has 0 aromatic heterocycles. The van der Waals surface area contributed by atoms with Crippen LogP contribution < -0.4 is 5.32 Å². The summed E-state index contributed by atoms with van der Waals surface area (Å²) in [5, 5.41) is 2.87. The van der Waals surface area contributed by atoms with E-state index in [1.54, 1.807) is 0 Å². The summed E-state index contributed by atoms with van der Waals surface area (Å²) in [5.74, 6) is -0.332. The molecule has 16 heavy (non-hydrogen) atoms. The van der Waals surface area contributed by atoms with Gasteiger partial charge in [-0.3, -0.25) is 9.59 Å². The smallest absolute Gasteiger partial charge is 0.328 e. The number of carbonyl (C=O) groups excluding carboxylic acids is 3. The molecule has 0 saturated carbocycles. The zero-order valence-corrected chi connectivity index (χ0v) is 9.04. The van der Waals surface area contributed by atoms with Gasteiger partial charge < -0.3 is 10.1 Å². The van der Waals surface area contributed by atoms with Gasteiger partial charge in [-0.25, -0.2) is 4.79 Å². The summed E-state index contributed by atoms with van der Waals surface area (Å²) in [6, 6.07) is -0.429. The molecule has 0 radical (unpaired) electrons. The van der Waals surface area contributed by atoms with Gasteiger partial charge in [0.15, 0.2) is 5.78 Å². The monoisotopic (exact) mass is 223 g/mol. The molecule has 1 fully saturated rings. The second-order valence-electron chi connectivity index (χ2n) is 4.11. The maximum absolute atomic E-state index is 11.3. The summed E-state index contributed by atoms with van der Waals surface area (Å²) in [7, 11) is 0. The third-order valence-corrected chi connectivity index (χ3v) is 2.72. The average Bonchev–Trinajstić information content (AvgIpc) is 2.59. The minimum Gasteiger partial charge on any atom is -0.464 e. The molecule has 0 amide bonds. The summed E-state index contributed by atoms with van der Waals surface area (Å²) in [5.41, 5.74) is 1.25. The molecule has 86 valence electrons. The molecule has 5 heteroatoms. The van der Waals surface area contributed by atoms with Crippen molar-refractivity contribution in [2.75, 3.05) is 6.61 Å². The number of cyclic esters (lactones) is 1. The Morgan fingerprint density at radius 3 is 2.75 bits per heavy atom. The van der Waals surface area contributed by atoms with E-state index in [2.05, 4.69) is 5.32 Å². The van der Waals surface area contributed by atoms with Crippen LogP contribution >= 0.6 is 0 Å². The van der Waals surface area contributed by atoms with Gasteiger partial charge in [0.25, 0.3) is 0 Å². The Morgan fingerprint density at radius 1 is 1.50 bits per heavy atom. The predicted molar refractivity (Wildman–Crippen MR) is 54.4 cm³/mol. The van der Waals surface area contributed by atoms with Crippen molar-refractivity contribution in [3.8, 4) is 0 Å². The number of nitrogens with one attached hydrogen (secondary N) is 1. The van der Waals surface area contributed by atoms with Gasteiger partial charge in [0.2, 0.25) is 0 Å². The highest BCUT2D eigenvalue weighted by molar-refractivity contribution is 6.06. The summed E-state index contributed by atoms with van der Waals surface area (Å²) >= 11 is 0. The Bertz CT molecular complexity index is 397. The van der Waals surface area contributed by atoms with Gasteiger partial charge in [-0.2, -0.15) is 0 Å². The lowest BCUT2D eigenvalue weighted by atomic mass is 9.88. The summed E-state index contributed by atoms with van der Waals surface area (Å²) in [6.45, 7) is 1.87. The first-order chi connectivity index (χ1) is 7.58. The van der Waals surface area contributed by atoms with Crippen LogP contribution in [-0.2, 0) is 19.1 Å². The minimum atomic E-state index is -0.429. The van der Waals surface area contributed by atoms with E-state index in [-0.39, 0.29) is 24.0 Å². The standard InChI is InChI=1S/C11H13NO4/c1-6(13)4-7-5-9(14)10(7)12-8-2-3-16-11(8)15/h8,12H,2-5H2,1H3. The van der Waals surface area contributed by atoms with E-state index in [1.165, 1.54) is 6.92 Å². The van der Waals surface area contributed by atoms with Crippen LogP contribution in [0.5, 0.6) is 0 Å². The summed E-state index contributed by atoms with van der Waals surface area (Å²) < 4.78 is 4.78. The Kier molecular flexibility index (Phi) is 2.77. The van der Waals surface area contributed by atoms with E-state index >= 15 is 0 Å². The van der Waals surface area contributed by atoms with Gasteiger partial charge in [0.05, 0.1) is 12.3 Å². The molecule has 1 N–H and O–H groups in total. The highest BCUT2D eigenvalue weighted by Gasteiger charge is 2.33. The van der Waals surface area contributed by atoms with E-state index < -0.39 is 6.04 Å². The summed E-state index contributed by atoms with van der Waals surface area (Å²) in [6.07, 6.45) is 1.18. The topological polar surface area (TPSA) is 72.5 Å². The number of esters is 1. The van der Waals surface area contributed by atoms with Gasteiger partial charge in [-0.15, -0.1) is 0 Å². The van der Waals surface area contributed by atoms with Crippen LogP contribution in [0.15, 0.2) is 11.3 Å². The molecule has 1 atom stereocenters. The number of hydrogen-bond acceptors (Lipinski definition) is 5. The van der Waals surface area contributed by atoms with Gasteiger partial charge in [-0.1, -0.05) is 0 Å². The van der Waals surface area contributed by atoms with Crippen LogP contribution in [0.3, 0.4) is 0 Å². The number of ketones is 2. The van der Waals surface area contributed by atoms with Gasteiger partial charge in [0, 0.05) is 19.3 Å². The molecule has 1 aliphatic carbocycles. The minimum absolute atomic E-state index is 0.0239. The molecular weight excluding hydrogens is 210 g/mol. The van der Waals surface area contributed by atoms with Crippen molar-refractivity contribution in [2.24, 2.45) is 0 Å². The lowest BCUT2D eigenvalue weighted by Crippen LogP contribution is -2.40. The van der Waals surface area contributed by atoms with Crippen LogP contribution in [0.1, 0.15) is 26.2 Å². The van der Waals surface area contributed by atoms with Crippen molar-refractivity contribution in [3.05, 3.63) is 11.3 Å². The van der Waals surface area contributed by atoms with Crippen molar-refractivity contribution < 1.29 is 19.1 Å². The molecule has 2 rings (SSSR count). The van der Waals surface area contributed by atoms with E-state index in [9.17, 15) is 14.4 Å². The highest BCUT2D eigenvalue weighted by atomic mass is 16.5. The average molecular weight is 223 g/mol. The molecular formula is C11H13NO4. The third kappa shape index (κ3) is 1.98. The van der Waals surface area contributed by atoms with Crippen molar-refractivity contribution in [3.63, 3.8) is 0 Å². The largest absolute Gasteiger partial charge is 0.464 e. The van der Waals surface area contributed by atoms with Crippen molar-refractivity contribution in [2.45, 2.75) is 32.2 Å². The molecule has 0 aromatic carbocycles. The fourth-order valence-corrected chi connectivity index (χ4v) is 1.90. The Hall–Kier alpha value is -1.65. The first-order valence-corrected chi connectivity index (χ1v) is 5.25. The molecule has 0 bridgehead atoms. The predicted octanol–water partition coefficient (Wildman–Crippen LogP) is 0.0975. The number of Topliss-reactive ketones (excluding diaryl/α,β-unsaturated/α-hetero) is 2. The SMILES string of the molecule is CC(=O)CC1=C(NC2CCOC2=O)C(=O)C1. The lowest BCUT2D eigenvalue weighted by molar-refractivity contribution is -0.139. The van der Waals surface area contributed by atoms with Crippen LogP contribution in [0.2, 0.25) is 0 Å². The molecule has 1 saturated heterocycles. The number of carbonyl (C=O) groups is 3. The van der Waals surface area contributed by atoms with Crippen molar-refractivity contribution in [1.29, 1.82) is 0 Å². The van der Waals surface area contributed by atoms with E-state index in [0.29, 0.717) is 25.1 Å². The van der Waals surface area contributed by atoms with Crippen LogP contribution in [-0.4, -0.2) is 30.2 Å². The maximum Gasteiger partial charge on any atom is 0.328 e. The Morgan fingerprint density at radius 2 is 2.25 bits per heavy atom. The van der Waals surface area contributed by atoms with E-state index in [1.807, 2.05) is 0 Å². The number of ether oxygens (including phenoxy) is 1. The maximum atomic E-state index is 11.3. The zero-order valence-electron chi connectivity index (χ0n) is 9.04. The summed E-state index contributed by atoms with van der Waals surface area (Å²) in [4.78, 5) is 33.5. The van der Waals surface area contributed by atoms with Crippen LogP contribution in [0.4, 0.5) is 0 Å². The second-order valence-corrected chi connectivity index (χ2v) is 4.11. The van der Waals surface area contributed by atoms with Gasteiger partial charge >= 0.3 is 5.97 Å². The molecule has 1 unspecified atom stereocenters. The normalized spacial score (nSPS) is 24.2. The molecule has 0 spiro atoms. The third-order valence-electron chi connectivity index (χ3n) is 2.72. The number of hydrogen-bond donors (Lipinski definition) is 1. The molecule has 1 heterocycles. The van der Waals surface area contributed by atoms with Gasteiger partial charge in [0.1, 0.15) is 11.8 Å². The first-order valence-electron chi connectivity index (χ1n) is 5.25. The lowest BCUT2D eigenvalue weighted by Gasteiger charge is -2.24. The Balaban J connectivity index is 2.04. The fourth-order valence-electron chi connectivity index (χ4n) is 1.90. The van der Waals surface area contributed by atoms with Crippen molar-refractivity contribution >= 4 is 17.5 Å². The van der Waals surface area contributed by atoms with Crippen LogP contribution in [0, 0.1) is 0 Å². The van der Waals surface area contributed by atoms with E-state index in [4.69, 9.17) is 4.74 Å². The molecule has 2 aliphatic rings. The molecule has 1 aliphatic heterocycles. The van der Waals surface area contributed by atoms with Crippen molar-refractivity contribution in [1.82, 2.24) is 5.32 Å². The van der Waals surface area contributed by atoms with Crippen LogP contribution in [0.25, 0.3) is 0 Å². The Labute approximate surface area is 92.8 Å². The number of rotatable bonds is 4. The molecule has 5 nitrogen and oxygen atoms in total.